The fourth-order valence-corrected chi connectivity index (χ4v) is 4.37. The molecular formula is C26H28N2O4. The summed E-state index contributed by atoms with van der Waals surface area (Å²) >= 11 is 0. The highest BCUT2D eigenvalue weighted by Crippen LogP contribution is 2.39. The highest BCUT2D eigenvalue weighted by molar-refractivity contribution is 5.70. The molecule has 1 aromatic heterocycles. The summed E-state index contributed by atoms with van der Waals surface area (Å²) in [4.78, 5) is 26.4. The Kier molecular flexibility index (Phi) is 6.15. The van der Waals surface area contributed by atoms with E-state index in [1.165, 1.54) is 0 Å². The van der Waals surface area contributed by atoms with E-state index in [2.05, 4.69) is 0 Å². The van der Waals surface area contributed by atoms with Gasteiger partial charge in [-0.1, -0.05) is 54.6 Å². The van der Waals surface area contributed by atoms with Crippen LogP contribution in [0.3, 0.4) is 0 Å². The zero-order valence-corrected chi connectivity index (χ0v) is 18.4. The summed E-state index contributed by atoms with van der Waals surface area (Å²) in [7, 11) is 1.73. The van der Waals surface area contributed by atoms with E-state index < -0.39 is 5.60 Å². The molecule has 0 aliphatic carbocycles. The monoisotopic (exact) mass is 432 g/mol. The van der Waals surface area contributed by atoms with Gasteiger partial charge in [-0.2, -0.15) is 0 Å². The summed E-state index contributed by atoms with van der Waals surface area (Å²) in [6.45, 7) is 2.48. The average molecular weight is 433 g/mol. The molecule has 6 heteroatoms. The van der Waals surface area contributed by atoms with Crippen LogP contribution in [0.1, 0.15) is 36.9 Å². The Bertz CT molecular complexity index is 1140. The molecule has 0 spiro atoms. The quantitative estimate of drug-likeness (QED) is 0.633. The number of carbonyl (C=O) groups is 1. The zero-order valence-electron chi connectivity index (χ0n) is 18.4. The maximum Gasteiger partial charge on any atom is 0.411 e. The van der Waals surface area contributed by atoms with Crippen LogP contribution in [0.15, 0.2) is 77.7 Å². The van der Waals surface area contributed by atoms with E-state index in [1.807, 2.05) is 73.8 Å². The van der Waals surface area contributed by atoms with Crippen molar-refractivity contribution in [3.63, 3.8) is 0 Å². The Labute approximate surface area is 187 Å². The average Bonchev–Trinajstić information content (AvgIpc) is 2.81. The van der Waals surface area contributed by atoms with Crippen LogP contribution >= 0.6 is 0 Å². The third kappa shape index (κ3) is 4.18. The number of aliphatic hydroxyl groups excluding tert-OH is 1. The van der Waals surface area contributed by atoms with E-state index in [-0.39, 0.29) is 24.3 Å². The molecule has 3 aromatic rings. The van der Waals surface area contributed by atoms with Crippen LogP contribution < -0.4 is 5.56 Å². The van der Waals surface area contributed by atoms with Crippen molar-refractivity contribution in [2.24, 2.45) is 7.05 Å². The third-order valence-electron chi connectivity index (χ3n) is 6.37. The number of rotatable bonds is 6. The molecule has 2 atom stereocenters. The van der Waals surface area contributed by atoms with Gasteiger partial charge in [0.25, 0.3) is 0 Å². The zero-order chi connectivity index (χ0) is 22.7. The Morgan fingerprint density at radius 1 is 1.00 bits per heavy atom. The first-order valence-corrected chi connectivity index (χ1v) is 10.9. The van der Waals surface area contributed by atoms with Crippen LogP contribution in [0.2, 0.25) is 0 Å². The lowest BCUT2D eigenvalue weighted by molar-refractivity contribution is -0.0718. The predicted octanol–water partition coefficient (Wildman–Crippen LogP) is 4.23. The smallest absolute Gasteiger partial charge is 0.411 e. The number of aromatic nitrogens is 1. The second-order valence-electron chi connectivity index (χ2n) is 8.31. The number of pyridine rings is 1. The first-order valence-electron chi connectivity index (χ1n) is 10.9. The summed E-state index contributed by atoms with van der Waals surface area (Å²) < 4.78 is 7.52. The molecule has 2 aromatic carbocycles. The van der Waals surface area contributed by atoms with Gasteiger partial charge in [0.2, 0.25) is 5.56 Å². The molecule has 0 unspecified atom stereocenters. The minimum absolute atomic E-state index is 0.0459. The van der Waals surface area contributed by atoms with E-state index in [4.69, 9.17) is 4.74 Å². The van der Waals surface area contributed by atoms with Crippen LogP contribution in [0.25, 0.3) is 11.1 Å². The fourth-order valence-electron chi connectivity index (χ4n) is 4.37. The van der Waals surface area contributed by atoms with Gasteiger partial charge in [0, 0.05) is 45.3 Å². The van der Waals surface area contributed by atoms with Crippen LogP contribution in [-0.2, 0) is 17.4 Å². The highest BCUT2D eigenvalue weighted by atomic mass is 16.6. The molecule has 166 valence electrons. The van der Waals surface area contributed by atoms with E-state index >= 15 is 0 Å². The molecule has 0 radical (unpaired) electrons. The lowest BCUT2D eigenvalue weighted by atomic mass is 9.85. The second-order valence-corrected chi connectivity index (χ2v) is 8.31. The Hall–Kier alpha value is -3.38. The minimum atomic E-state index is -0.795. The van der Waals surface area contributed by atoms with Gasteiger partial charge in [-0.15, -0.1) is 0 Å². The van der Waals surface area contributed by atoms with E-state index in [0.29, 0.717) is 19.4 Å². The fraction of sp³-hybridized carbons (Fsp3) is 0.308. The summed E-state index contributed by atoms with van der Waals surface area (Å²) in [5.41, 5.74) is 3.04. The number of hydrogen-bond acceptors (Lipinski definition) is 4. The van der Waals surface area contributed by atoms with Crippen molar-refractivity contribution in [1.29, 1.82) is 0 Å². The number of carbonyl (C=O) groups excluding carboxylic acids is 1. The molecule has 1 N–H and O–H groups in total. The summed E-state index contributed by atoms with van der Waals surface area (Å²) in [5.74, 6) is 0. The summed E-state index contributed by atoms with van der Waals surface area (Å²) in [5, 5.41) is 9.61. The van der Waals surface area contributed by atoms with Crippen LogP contribution in [-0.4, -0.2) is 33.8 Å². The topological polar surface area (TPSA) is 71.8 Å². The first kappa shape index (κ1) is 21.8. The lowest BCUT2D eigenvalue weighted by Crippen LogP contribution is -2.49. The van der Waals surface area contributed by atoms with Gasteiger partial charge in [0.15, 0.2) is 0 Å². The van der Waals surface area contributed by atoms with Crippen molar-refractivity contribution in [3.8, 4) is 11.1 Å². The van der Waals surface area contributed by atoms with Crippen molar-refractivity contribution in [3.05, 3.63) is 94.4 Å². The molecule has 2 heterocycles. The molecule has 1 aliphatic heterocycles. The van der Waals surface area contributed by atoms with Crippen LogP contribution in [0, 0.1) is 0 Å². The van der Waals surface area contributed by atoms with Crippen molar-refractivity contribution in [2.45, 2.75) is 31.4 Å². The lowest BCUT2D eigenvalue weighted by Gasteiger charge is -2.43. The number of nitrogens with zero attached hydrogens (tertiary/aromatic N) is 2. The number of aliphatic hydroxyl groups is 1. The van der Waals surface area contributed by atoms with Crippen LogP contribution in [0.4, 0.5) is 4.79 Å². The number of benzene rings is 2. The molecule has 1 aliphatic rings. The first-order chi connectivity index (χ1) is 15.4. The second kappa shape index (κ2) is 9.01. The number of ether oxygens (including phenoxy) is 1. The Morgan fingerprint density at radius 2 is 1.69 bits per heavy atom. The van der Waals surface area contributed by atoms with Gasteiger partial charge >= 0.3 is 6.09 Å². The maximum absolute atomic E-state index is 13.0. The van der Waals surface area contributed by atoms with Gasteiger partial charge in [-0.25, -0.2) is 4.79 Å². The minimum Gasteiger partial charge on any atom is -0.438 e. The number of hydrogen-bond donors (Lipinski definition) is 1. The number of aryl methyl sites for hydroxylation is 1. The highest BCUT2D eigenvalue weighted by Gasteiger charge is 2.43. The van der Waals surface area contributed by atoms with E-state index in [0.717, 1.165) is 22.3 Å². The SMILES string of the molecule is C[C@@H](c1ccc(-c2ccc(=O)n(C)c2)cc1)N1CC[C@](CCO)(c2ccccc2)OC1=O. The van der Waals surface area contributed by atoms with E-state index in [1.54, 1.807) is 22.6 Å². The standard InChI is InChI=1S/C26H28N2O4/c1-19(20-8-10-21(11-9-20)22-12-13-24(30)27(2)18-22)28-16-14-26(15-17-29,32-25(28)31)23-6-4-3-5-7-23/h3-13,18-19,29H,14-17H2,1-2H3/t19-,26-/m0/s1. The van der Waals surface area contributed by atoms with Crippen molar-refractivity contribution in [2.75, 3.05) is 13.2 Å². The van der Waals surface area contributed by atoms with Crippen molar-refractivity contribution >= 4 is 6.09 Å². The number of amides is 1. The predicted molar refractivity (Wildman–Crippen MR) is 123 cm³/mol. The molecule has 6 nitrogen and oxygen atoms in total. The van der Waals surface area contributed by atoms with Crippen molar-refractivity contribution in [1.82, 2.24) is 9.47 Å². The molecule has 1 saturated heterocycles. The van der Waals surface area contributed by atoms with Gasteiger partial charge in [0.1, 0.15) is 5.60 Å². The van der Waals surface area contributed by atoms with Gasteiger partial charge < -0.3 is 19.3 Å². The molecule has 1 fully saturated rings. The molecule has 1 amide bonds. The van der Waals surface area contributed by atoms with Gasteiger partial charge in [-0.05, 0) is 35.2 Å². The van der Waals surface area contributed by atoms with Crippen LogP contribution in [0.5, 0.6) is 0 Å². The third-order valence-corrected chi connectivity index (χ3v) is 6.37. The largest absolute Gasteiger partial charge is 0.438 e. The van der Waals surface area contributed by atoms with Gasteiger partial charge in [-0.3, -0.25) is 4.79 Å². The maximum atomic E-state index is 13.0. The molecule has 4 rings (SSSR count). The number of cyclic esters (lactones) is 1. The van der Waals surface area contributed by atoms with E-state index in [9.17, 15) is 14.7 Å². The summed E-state index contributed by atoms with van der Waals surface area (Å²) in [6, 6.07) is 20.9. The molecule has 0 bridgehead atoms. The van der Waals surface area contributed by atoms with Gasteiger partial charge in [0.05, 0.1) is 6.04 Å². The Morgan fingerprint density at radius 3 is 2.31 bits per heavy atom. The summed E-state index contributed by atoms with van der Waals surface area (Å²) in [6.07, 6.45) is 2.43. The normalized spacial score (nSPS) is 19.5. The molecule has 32 heavy (non-hydrogen) atoms. The Balaban J connectivity index is 1.51. The van der Waals surface area contributed by atoms with Crippen molar-refractivity contribution < 1.29 is 14.6 Å². The molecule has 0 saturated carbocycles. The molecular weight excluding hydrogens is 404 g/mol.